The molecule has 0 unspecified atom stereocenters. The Morgan fingerprint density at radius 1 is 1.00 bits per heavy atom. The molecule has 0 saturated carbocycles. The van der Waals surface area contributed by atoms with Crippen LogP contribution in [0.25, 0.3) is 0 Å². The van der Waals surface area contributed by atoms with Crippen molar-refractivity contribution >= 4 is 33.2 Å². The first-order chi connectivity index (χ1) is 15.2. The van der Waals surface area contributed by atoms with Crippen molar-refractivity contribution in [1.29, 1.82) is 0 Å². The fraction of sp³-hybridized carbons (Fsp3) is 0.208. The molecule has 0 fully saturated rings. The quantitative estimate of drug-likeness (QED) is 0.495. The second-order valence-corrected chi connectivity index (χ2v) is 9.72. The van der Waals surface area contributed by atoms with Crippen molar-refractivity contribution in [1.82, 2.24) is 5.32 Å². The molecule has 0 radical (unpaired) electrons. The molecule has 8 heteroatoms. The Morgan fingerprint density at radius 3 is 2.22 bits per heavy atom. The lowest BCUT2D eigenvalue weighted by Crippen LogP contribution is -2.31. The minimum Gasteiger partial charge on any atom is -0.484 e. The maximum absolute atomic E-state index is 12.3. The highest BCUT2D eigenvalue weighted by atomic mass is 35.5. The van der Waals surface area contributed by atoms with Gasteiger partial charge in [-0.25, -0.2) is 8.42 Å². The van der Waals surface area contributed by atoms with Crippen LogP contribution in [0.5, 0.6) is 5.75 Å². The molecule has 0 heterocycles. The Hall–Kier alpha value is -3.03. The second kappa shape index (κ2) is 10.5. The molecule has 1 atom stereocenters. The maximum Gasteiger partial charge on any atom is 0.258 e. The number of sulfonamides is 1. The molecule has 0 aliphatic rings. The summed E-state index contributed by atoms with van der Waals surface area (Å²) < 4.78 is 31.5. The largest absolute Gasteiger partial charge is 0.484 e. The average Bonchev–Trinajstić information content (AvgIpc) is 2.77. The van der Waals surface area contributed by atoms with Gasteiger partial charge in [-0.1, -0.05) is 54.1 Å². The summed E-state index contributed by atoms with van der Waals surface area (Å²) >= 11 is 5.89. The van der Waals surface area contributed by atoms with E-state index in [1.165, 1.54) is 10.6 Å². The first-order valence-corrected chi connectivity index (χ1v) is 12.2. The predicted octanol–water partition coefficient (Wildman–Crippen LogP) is 4.56. The fourth-order valence-corrected chi connectivity index (χ4v) is 4.14. The van der Waals surface area contributed by atoms with Gasteiger partial charge < -0.3 is 10.1 Å². The van der Waals surface area contributed by atoms with Gasteiger partial charge in [-0.15, -0.1) is 0 Å². The Labute approximate surface area is 193 Å². The number of halogens is 1. The number of carbonyl (C=O) groups excluding carboxylic acids is 1. The van der Waals surface area contributed by atoms with E-state index >= 15 is 0 Å². The van der Waals surface area contributed by atoms with E-state index in [9.17, 15) is 13.2 Å². The summed E-state index contributed by atoms with van der Waals surface area (Å²) in [5, 5.41) is 3.50. The van der Waals surface area contributed by atoms with Gasteiger partial charge in [0, 0.05) is 5.02 Å². The van der Waals surface area contributed by atoms with Crippen molar-refractivity contribution in [2.75, 3.05) is 17.2 Å². The number of anilines is 1. The Kier molecular flexibility index (Phi) is 7.77. The maximum atomic E-state index is 12.3. The third kappa shape index (κ3) is 6.73. The molecule has 0 aliphatic heterocycles. The van der Waals surface area contributed by atoms with Crippen LogP contribution in [0.2, 0.25) is 5.02 Å². The van der Waals surface area contributed by atoms with Crippen LogP contribution in [0.1, 0.15) is 24.1 Å². The van der Waals surface area contributed by atoms with Gasteiger partial charge in [0.2, 0.25) is 10.0 Å². The molecule has 3 rings (SSSR count). The Balaban J connectivity index is 1.59. The van der Waals surface area contributed by atoms with Crippen molar-refractivity contribution in [3.8, 4) is 5.75 Å². The van der Waals surface area contributed by atoms with Crippen LogP contribution in [0.15, 0.2) is 78.9 Å². The monoisotopic (exact) mass is 472 g/mol. The van der Waals surface area contributed by atoms with Crippen LogP contribution in [0.4, 0.5) is 5.69 Å². The summed E-state index contributed by atoms with van der Waals surface area (Å²) in [5.74, 6) is 0.203. The smallest absolute Gasteiger partial charge is 0.258 e. The zero-order valence-electron chi connectivity index (χ0n) is 17.9. The first kappa shape index (κ1) is 23.6. The van der Waals surface area contributed by atoms with E-state index in [1.54, 1.807) is 36.4 Å². The summed E-state index contributed by atoms with van der Waals surface area (Å²) in [6.07, 6.45) is 1.17. The minimum absolute atomic E-state index is 0.156. The van der Waals surface area contributed by atoms with Crippen molar-refractivity contribution in [2.24, 2.45) is 0 Å². The molecule has 3 aromatic rings. The van der Waals surface area contributed by atoms with Gasteiger partial charge in [0.25, 0.3) is 5.91 Å². The standard InChI is InChI=1S/C24H25ClN2O4S/c1-18(20-8-10-21(25)11-9-20)26-24(28)17-31-23-14-12-22(13-15-23)27(32(2,29)30)16-19-6-4-3-5-7-19/h3-15,18H,16-17H2,1-2H3,(H,26,28)/t18-/m1/s1. The van der Waals surface area contributed by atoms with Crippen molar-refractivity contribution in [3.63, 3.8) is 0 Å². The molecule has 0 saturated heterocycles. The molecule has 0 bridgehead atoms. The SMILES string of the molecule is C[C@@H](NC(=O)COc1ccc(N(Cc2ccccc2)S(C)(=O)=O)cc1)c1ccc(Cl)cc1. The van der Waals surface area contributed by atoms with Crippen LogP contribution in [-0.4, -0.2) is 27.2 Å². The van der Waals surface area contributed by atoms with Gasteiger partial charge in [-0.05, 0) is 54.4 Å². The molecule has 1 N–H and O–H groups in total. The highest BCUT2D eigenvalue weighted by molar-refractivity contribution is 7.92. The van der Waals surface area contributed by atoms with E-state index in [4.69, 9.17) is 16.3 Å². The molecule has 168 valence electrons. The molecule has 0 aromatic heterocycles. The van der Waals surface area contributed by atoms with Gasteiger partial charge in [0.1, 0.15) is 5.75 Å². The van der Waals surface area contributed by atoms with Gasteiger partial charge in [0.05, 0.1) is 24.5 Å². The van der Waals surface area contributed by atoms with Crippen LogP contribution in [0, 0.1) is 0 Å². The predicted molar refractivity (Wildman–Crippen MR) is 127 cm³/mol. The van der Waals surface area contributed by atoms with Crippen molar-refractivity contribution < 1.29 is 17.9 Å². The van der Waals surface area contributed by atoms with Gasteiger partial charge in [0.15, 0.2) is 6.61 Å². The molecule has 0 aliphatic carbocycles. The van der Waals surface area contributed by atoms with E-state index in [0.717, 1.165) is 11.1 Å². The number of benzene rings is 3. The summed E-state index contributed by atoms with van der Waals surface area (Å²) in [6, 6.07) is 23.1. The Morgan fingerprint density at radius 2 is 1.62 bits per heavy atom. The van der Waals surface area contributed by atoms with Crippen LogP contribution in [-0.2, 0) is 21.4 Å². The molecule has 32 heavy (non-hydrogen) atoms. The minimum atomic E-state index is -3.48. The number of rotatable bonds is 9. The van der Waals surface area contributed by atoms with E-state index in [0.29, 0.717) is 16.5 Å². The summed E-state index contributed by atoms with van der Waals surface area (Å²) in [7, 11) is -3.48. The lowest BCUT2D eigenvalue weighted by atomic mass is 10.1. The molecule has 0 spiro atoms. The van der Waals surface area contributed by atoms with Crippen molar-refractivity contribution in [2.45, 2.75) is 19.5 Å². The van der Waals surface area contributed by atoms with Gasteiger partial charge in [-0.3, -0.25) is 9.10 Å². The zero-order valence-corrected chi connectivity index (χ0v) is 19.4. The summed E-state index contributed by atoms with van der Waals surface area (Å²) in [5.41, 5.74) is 2.33. The number of ether oxygens (including phenoxy) is 1. The van der Waals surface area contributed by atoms with E-state index < -0.39 is 10.0 Å². The van der Waals surface area contributed by atoms with E-state index in [2.05, 4.69) is 5.32 Å². The normalized spacial score (nSPS) is 12.1. The van der Waals surface area contributed by atoms with Crippen LogP contribution >= 0.6 is 11.6 Å². The molecule has 6 nitrogen and oxygen atoms in total. The van der Waals surface area contributed by atoms with Gasteiger partial charge in [-0.2, -0.15) is 0 Å². The number of nitrogens with one attached hydrogen (secondary N) is 1. The number of nitrogens with zero attached hydrogens (tertiary/aromatic N) is 1. The van der Waals surface area contributed by atoms with E-state index in [1.807, 2.05) is 49.4 Å². The summed E-state index contributed by atoms with van der Waals surface area (Å²) in [4.78, 5) is 12.2. The zero-order chi connectivity index (χ0) is 23.1. The molecular weight excluding hydrogens is 448 g/mol. The van der Waals surface area contributed by atoms with Crippen LogP contribution in [0.3, 0.4) is 0 Å². The number of hydrogen-bond acceptors (Lipinski definition) is 4. The highest BCUT2D eigenvalue weighted by Gasteiger charge is 2.18. The molecule has 3 aromatic carbocycles. The fourth-order valence-electron chi connectivity index (χ4n) is 3.12. The van der Waals surface area contributed by atoms with E-state index in [-0.39, 0.29) is 25.1 Å². The lowest BCUT2D eigenvalue weighted by molar-refractivity contribution is -0.123. The highest BCUT2D eigenvalue weighted by Crippen LogP contribution is 2.24. The third-order valence-corrected chi connectivity index (χ3v) is 6.20. The molecular formula is C24H25ClN2O4S. The third-order valence-electron chi connectivity index (χ3n) is 4.81. The van der Waals surface area contributed by atoms with Gasteiger partial charge >= 0.3 is 0 Å². The topological polar surface area (TPSA) is 75.7 Å². The molecule has 1 amide bonds. The second-order valence-electron chi connectivity index (χ2n) is 7.38. The average molecular weight is 473 g/mol. The number of amides is 1. The first-order valence-electron chi connectivity index (χ1n) is 10.0. The Bertz CT molecular complexity index is 1130. The lowest BCUT2D eigenvalue weighted by Gasteiger charge is -2.23. The summed E-state index contributed by atoms with van der Waals surface area (Å²) in [6.45, 7) is 1.95. The number of carbonyl (C=O) groups is 1. The van der Waals surface area contributed by atoms with Crippen LogP contribution < -0.4 is 14.4 Å². The van der Waals surface area contributed by atoms with Crippen molar-refractivity contribution in [3.05, 3.63) is 95.0 Å². The number of hydrogen-bond donors (Lipinski definition) is 1.